The third-order valence-electron chi connectivity index (χ3n) is 2.83. The third-order valence-corrected chi connectivity index (χ3v) is 2.83. The van der Waals surface area contributed by atoms with Crippen LogP contribution in [0.15, 0.2) is 23.2 Å². The molecule has 4 nitrogen and oxygen atoms in total. The number of benzene rings is 1. The first kappa shape index (κ1) is 19.0. The number of nitrogens with one attached hydrogen (secondary N) is 2. The van der Waals surface area contributed by atoms with Crippen molar-refractivity contribution in [2.45, 2.75) is 27.3 Å². The quantitative estimate of drug-likeness (QED) is 0.461. The molecule has 0 saturated carbocycles. The van der Waals surface area contributed by atoms with Crippen LogP contribution in [0.2, 0.25) is 0 Å². The Morgan fingerprint density at radius 3 is 2.55 bits per heavy atom. The van der Waals surface area contributed by atoms with Gasteiger partial charge in [0.2, 0.25) is 0 Å². The number of aliphatic imine (C=N–C) groups is 1. The summed E-state index contributed by atoms with van der Waals surface area (Å²) in [5.41, 5.74) is 2.32. The maximum absolute atomic E-state index is 5.32. The summed E-state index contributed by atoms with van der Waals surface area (Å²) in [5.74, 6) is 2.34. The second-order valence-corrected chi connectivity index (χ2v) is 5.00. The SMILES string of the molecule is CN=C(NCc1ccc(C)c(OC)c1)NCC(C)C.I. The molecule has 0 aliphatic rings. The molecule has 0 bridgehead atoms. The maximum Gasteiger partial charge on any atom is 0.191 e. The number of hydrogen-bond donors (Lipinski definition) is 2. The molecular weight excluding hydrogens is 365 g/mol. The van der Waals surface area contributed by atoms with Gasteiger partial charge in [-0.3, -0.25) is 4.99 Å². The molecular formula is C15H26IN3O. The lowest BCUT2D eigenvalue weighted by Crippen LogP contribution is -2.38. The van der Waals surface area contributed by atoms with Crippen molar-refractivity contribution in [2.24, 2.45) is 10.9 Å². The van der Waals surface area contributed by atoms with Gasteiger partial charge in [0.1, 0.15) is 5.75 Å². The minimum absolute atomic E-state index is 0. The van der Waals surface area contributed by atoms with E-state index >= 15 is 0 Å². The van der Waals surface area contributed by atoms with Crippen LogP contribution in [-0.2, 0) is 6.54 Å². The maximum atomic E-state index is 5.32. The third kappa shape index (κ3) is 6.45. The van der Waals surface area contributed by atoms with E-state index in [1.807, 2.05) is 6.92 Å². The van der Waals surface area contributed by atoms with E-state index in [9.17, 15) is 0 Å². The van der Waals surface area contributed by atoms with E-state index in [-0.39, 0.29) is 24.0 Å². The topological polar surface area (TPSA) is 45.7 Å². The zero-order valence-electron chi connectivity index (χ0n) is 13.0. The van der Waals surface area contributed by atoms with Gasteiger partial charge in [0.05, 0.1) is 7.11 Å². The summed E-state index contributed by atoms with van der Waals surface area (Å²) < 4.78 is 5.32. The molecule has 0 aromatic heterocycles. The van der Waals surface area contributed by atoms with Crippen molar-refractivity contribution in [2.75, 3.05) is 20.7 Å². The van der Waals surface area contributed by atoms with Crippen molar-refractivity contribution in [1.82, 2.24) is 10.6 Å². The van der Waals surface area contributed by atoms with Gasteiger partial charge in [-0.05, 0) is 30.0 Å². The Hall–Kier alpha value is -0.980. The van der Waals surface area contributed by atoms with E-state index < -0.39 is 0 Å². The highest BCUT2D eigenvalue weighted by Gasteiger charge is 2.02. The largest absolute Gasteiger partial charge is 0.496 e. The van der Waals surface area contributed by atoms with Gasteiger partial charge in [-0.25, -0.2) is 0 Å². The average molecular weight is 391 g/mol. The van der Waals surface area contributed by atoms with Gasteiger partial charge in [-0.15, -0.1) is 24.0 Å². The van der Waals surface area contributed by atoms with Crippen molar-refractivity contribution in [3.05, 3.63) is 29.3 Å². The first-order chi connectivity index (χ1) is 9.06. The fourth-order valence-corrected chi connectivity index (χ4v) is 1.68. The lowest BCUT2D eigenvalue weighted by atomic mass is 10.1. The van der Waals surface area contributed by atoms with Gasteiger partial charge in [0, 0.05) is 20.1 Å². The van der Waals surface area contributed by atoms with E-state index in [4.69, 9.17) is 4.74 Å². The normalized spacial score (nSPS) is 11.0. The molecule has 2 N–H and O–H groups in total. The standard InChI is InChI=1S/C15H25N3O.HI/c1-11(2)9-17-15(16-4)18-10-13-7-6-12(3)14(8-13)19-5;/h6-8,11H,9-10H2,1-5H3,(H2,16,17,18);1H. The van der Waals surface area contributed by atoms with E-state index in [2.05, 4.69) is 47.7 Å². The molecule has 1 rings (SSSR count). The van der Waals surface area contributed by atoms with Crippen LogP contribution < -0.4 is 15.4 Å². The molecule has 5 heteroatoms. The van der Waals surface area contributed by atoms with Gasteiger partial charge < -0.3 is 15.4 Å². The molecule has 0 aliphatic carbocycles. The Morgan fingerprint density at radius 2 is 2.00 bits per heavy atom. The van der Waals surface area contributed by atoms with E-state index in [1.165, 1.54) is 5.56 Å². The number of ether oxygens (including phenoxy) is 1. The molecule has 0 heterocycles. The zero-order valence-corrected chi connectivity index (χ0v) is 15.3. The van der Waals surface area contributed by atoms with Crippen LogP contribution in [0.1, 0.15) is 25.0 Å². The lowest BCUT2D eigenvalue weighted by molar-refractivity contribution is 0.411. The fourth-order valence-electron chi connectivity index (χ4n) is 1.68. The van der Waals surface area contributed by atoms with E-state index in [1.54, 1.807) is 14.2 Å². The van der Waals surface area contributed by atoms with Crippen molar-refractivity contribution in [3.63, 3.8) is 0 Å². The molecule has 0 unspecified atom stereocenters. The highest BCUT2D eigenvalue weighted by atomic mass is 127. The predicted molar refractivity (Wildman–Crippen MR) is 96.2 cm³/mol. The number of nitrogens with zero attached hydrogens (tertiary/aromatic N) is 1. The van der Waals surface area contributed by atoms with Crippen molar-refractivity contribution in [3.8, 4) is 5.75 Å². The molecule has 0 spiro atoms. The molecule has 114 valence electrons. The Morgan fingerprint density at radius 1 is 1.30 bits per heavy atom. The van der Waals surface area contributed by atoms with Crippen LogP contribution >= 0.6 is 24.0 Å². The summed E-state index contributed by atoms with van der Waals surface area (Å²) in [6.45, 7) is 8.03. The van der Waals surface area contributed by atoms with Gasteiger partial charge in [-0.2, -0.15) is 0 Å². The van der Waals surface area contributed by atoms with Crippen LogP contribution in [0.25, 0.3) is 0 Å². The van der Waals surface area contributed by atoms with Crippen LogP contribution in [0.3, 0.4) is 0 Å². The molecule has 0 radical (unpaired) electrons. The predicted octanol–water partition coefficient (Wildman–Crippen LogP) is 2.94. The molecule has 0 fully saturated rings. The first-order valence-electron chi connectivity index (χ1n) is 6.64. The summed E-state index contributed by atoms with van der Waals surface area (Å²) in [5, 5.41) is 6.58. The smallest absolute Gasteiger partial charge is 0.191 e. The number of guanidine groups is 1. The number of aryl methyl sites for hydroxylation is 1. The zero-order chi connectivity index (χ0) is 14.3. The van der Waals surface area contributed by atoms with E-state index in [0.29, 0.717) is 5.92 Å². The number of methoxy groups -OCH3 is 1. The molecule has 1 aromatic rings. The Labute approximate surface area is 139 Å². The van der Waals surface area contributed by atoms with E-state index in [0.717, 1.165) is 30.4 Å². The second kappa shape index (κ2) is 9.85. The number of hydrogen-bond acceptors (Lipinski definition) is 2. The summed E-state index contributed by atoms with van der Waals surface area (Å²) in [4.78, 5) is 4.20. The number of rotatable bonds is 5. The average Bonchev–Trinajstić information content (AvgIpc) is 2.40. The van der Waals surface area contributed by atoms with Crippen LogP contribution in [0.4, 0.5) is 0 Å². The Balaban J connectivity index is 0.00000361. The van der Waals surface area contributed by atoms with Crippen LogP contribution in [0.5, 0.6) is 5.75 Å². The minimum atomic E-state index is 0. The Bertz CT molecular complexity index is 433. The van der Waals surface area contributed by atoms with Gasteiger partial charge in [-0.1, -0.05) is 26.0 Å². The van der Waals surface area contributed by atoms with Crippen molar-refractivity contribution < 1.29 is 4.74 Å². The van der Waals surface area contributed by atoms with Crippen LogP contribution in [0, 0.1) is 12.8 Å². The highest BCUT2D eigenvalue weighted by Crippen LogP contribution is 2.18. The van der Waals surface area contributed by atoms with Crippen molar-refractivity contribution in [1.29, 1.82) is 0 Å². The highest BCUT2D eigenvalue weighted by molar-refractivity contribution is 14.0. The summed E-state index contributed by atoms with van der Waals surface area (Å²) >= 11 is 0. The second-order valence-electron chi connectivity index (χ2n) is 5.00. The monoisotopic (exact) mass is 391 g/mol. The Kier molecular flexibility index (Phi) is 9.37. The van der Waals surface area contributed by atoms with Gasteiger partial charge >= 0.3 is 0 Å². The fraction of sp³-hybridized carbons (Fsp3) is 0.533. The molecule has 0 amide bonds. The molecule has 0 saturated heterocycles. The molecule has 20 heavy (non-hydrogen) atoms. The molecule has 0 atom stereocenters. The molecule has 1 aromatic carbocycles. The number of halogens is 1. The summed E-state index contributed by atoms with van der Waals surface area (Å²) in [6, 6.07) is 6.22. The molecule has 0 aliphatic heterocycles. The minimum Gasteiger partial charge on any atom is -0.496 e. The first-order valence-corrected chi connectivity index (χ1v) is 6.64. The van der Waals surface area contributed by atoms with Crippen molar-refractivity contribution >= 4 is 29.9 Å². The van der Waals surface area contributed by atoms with Crippen LogP contribution in [-0.4, -0.2) is 26.7 Å². The van der Waals surface area contributed by atoms with Gasteiger partial charge in [0.15, 0.2) is 5.96 Å². The lowest BCUT2D eigenvalue weighted by Gasteiger charge is -2.14. The summed E-state index contributed by atoms with van der Waals surface area (Å²) in [6.07, 6.45) is 0. The van der Waals surface area contributed by atoms with Gasteiger partial charge in [0.25, 0.3) is 0 Å². The summed E-state index contributed by atoms with van der Waals surface area (Å²) in [7, 11) is 3.48.